The number of nitrogens with zero attached hydrogens (tertiary/aromatic N) is 1. The van der Waals surface area contributed by atoms with Crippen LogP contribution < -0.4 is 5.32 Å². The van der Waals surface area contributed by atoms with Gasteiger partial charge in [0.25, 0.3) is 0 Å². The minimum absolute atomic E-state index is 0.0260. The molecule has 2 atom stereocenters. The molecule has 2 heterocycles. The predicted octanol–water partition coefficient (Wildman–Crippen LogP) is 3.16. The molecule has 0 saturated carbocycles. The van der Waals surface area contributed by atoms with Gasteiger partial charge in [-0.25, -0.2) is 0 Å². The molecule has 1 aliphatic rings. The van der Waals surface area contributed by atoms with E-state index in [2.05, 4.69) is 5.32 Å². The van der Waals surface area contributed by atoms with Crippen molar-refractivity contribution >= 4 is 23.4 Å². The zero-order valence-electron chi connectivity index (χ0n) is 13.4. The lowest BCUT2D eigenvalue weighted by Gasteiger charge is -2.18. The summed E-state index contributed by atoms with van der Waals surface area (Å²) < 4.78 is 5.27. The molecule has 2 unspecified atom stereocenters. The van der Waals surface area contributed by atoms with Crippen LogP contribution in [0.25, 0.3) is 0 Å². The summed E-state index contributed by atoms with van der Waals surface area (Å²) in [4.78, 5) is 26.2. The Morgan fingerprint density at radius 2 is 2.25 bits per heavy atom. The summed E-state index contributed by atoms with van der Waals surface area (Å²) in [5.41, 5.74) is 0.938. The highest BCUT2D eigenvalue weighted by Crippen LogP contribution is 2.23. The van der Waals surface area contributed by atoms with Gasteiger partial charge in [0.1, 0.15) is 5.76 Å². The molecule has 126 valence electrons. The number of carbonyl (C=O) groups is 2. The van der Waals surface area contributed by atoms with E-state index in [-0.39, 0.29) is 30.2 Å². The highest BCUT2D eigenvalue weighted by molar-refractivity contribution is 6.30. The van der Waals surface area contributed by atoms with Crippen molar-refractivity contribution in [1.82, 2.24) is 10.2 Å². The van der Waals surface area contributed by atoms with Gasteiger partial charge in [0.05, 0.1) is 24.8 Å². The zero-order chi connectivity index (χ0) is 17.1. The van der Waals surface area contributed by atoms with Crippen LogP contribution in [0.2, 0.25) is 5.02 Å². The first kappa shape index (κ1) is 16.6. The quantitative estimate of drug-likeness (QED) is 0.904. The Morgan fingerprint density at radius 1 is 1.42 bits per heavy atom. The van der Waals surface area contributed by atoms with Crippen LogP contribution in [0.5, 0.6) is 0 Å². The van der Waals surface area contributed by atoms with Gasteiger partial charge >= 0.3 is 0 Å². The molecule has 2 amide bonds. The lowest BCUT2D eigenvalue weighted by atomic mass is 10.1. The van der Waals surface area contributed by atoms with E-state index in [0.717, 1.165) is 11.3 Å². The van der Waals surface area contributed by atoms with Crippen molar-refractivity contribution in [3.8, 4) is 0 Å². The van der Waals surface area contributed by atoms with E-state index in [0.29, 0.717) is 18.1 Å². The summed E-state index contributed by atoms with van der Waals surface area (Å²) in [5.74, 6) is 0.241. The van der Waals surface area contributed by atoms with E-state index in [1.54, 1.807) is 23.3 Å². The standard InChI is InChI=1S/C18H19ClN2O3/c1-12(13-4-2-5-15(19)8-13)20-18(23)14-9-17(22)21(10-14)11-16-6-3-7-24-16/h2-8,12,14H,9-11H2,1H3,(H,20,23). The van der Waals surface area contributed by atoms with E-state index < -0.39 is 0 Å². The Bertz CT molecular complexity index is 730. The number of benzene rings is 1. The smallest absolute Gasteiger partial charge is 0.225 e. The highest BCUT2D eigenvalue weighted by Gasteiger charge is 2.35. The van der Waals surface area contributed by atoms with Crippen LogP contribution in [0.4, 0.5) is 0 Å². The van der Waals surface area contributed by atoms with E-state index in [4.69, 9.17) is 16.0 Å². The van der Waals surface area contributed by atoms with Crippen molar-refractivity contribution in [3.05, 3.63) is 59.0 Å². The maximum absolute atomic E-state index is 12.5. The monoisotopic (exact) mass is 346 g/mol. The van der Waals surface area contributed by atoms with Gasteiger partial charge < -0.3 is 14.6 Å². The molecule has 2 aromatic rings. The normalized spacial score (nSPS) is 18.7. The maximum atomic E-state index is 12.5. The van der Waals surface area contributed by atoms with Crippen LogP contribution in [-0.2, 0) is 16.1 Å². The molecule has 24 heavy (non-hydrogen) atoms. The molecule has 1 aromatic carbocycles. The molecule has 5 nitrogen and oxygen atoms in total. The van der Waals surface area contributed by atoms with Gasteiger partial charge in [-0.2, -0.15) is 0 Å². The van der Waals surface area contributed by atoms with Crippen LogP contribution in [0.15, 0.2) is 47.1 Å². The summed E-state index contributed by atoms with van der Waals surface area (Å²) in [5, 5.41) is 3.60. The highest BCUT2D eigenvalue weighted by atomic mass is 35.5. The number of amides is 2. The second kappa shape index (κ2) is 7.09. The summed E-state index contributed by atoms with van der Waals surface area (Å²) >= 11 is 5.99. The van der Waals surface area contributed by atoms with E-state index in [1.807, 2.05) is 31.2 Å². The third-order valence-electron chi connectivity index (χ3n) is 4.22. The van der Waals surface area contributed by atoms with E-state index in [9.17, 15) is 9.59 Å². The van der Waals surface area contributed by atoms with Crippen molar-refractivity contribution < 1.29 is 14.0 Å². The van der Waals surface area contributed by atoms with Gasteiger partial charge in [-0.05, 0) is 36.8 Å². The molecular formula is C18H19ClN2O3. The first-order valence-corrected chi connectivity index (χ1v) is 8.26. The first-order valence-electron chi connectivity index (χ1n) is 7.89. The molecule has 0 spiro atoms. The Balaban J connectivity index is 1.58. The SMILES string of the molecule is CC(NC(=O)C1CC(=O)N(Cc2ccco2)C1)c1cccc(Cl)c1. The average Bonchev–Trinajstić information content (AvgIpc) is 3.18. The summed E-state index contributed by atoms with van der Waals surface area (Å²) in [6.45, 7) is 2.72. The van der Waals surface area contributed by atoms with E-state index >= 15 is 0 Å². The molecule has 1 fully saturated rings. The maximum Gasteiger partial charge on any atom is 0.225 e. The molecule has 1 aromatic heterocycles. The molecule has 6 heteroatoms. The molecule has 3 rings (SSSR count). The zero-order valence-corrected chi connectivity index (χ0v) is 14.1. The average molecular weight is 347 g/mol. The number of carbonyl (C=O) groups excluding carboxylic acids is 2. The molecule has 1 saturated heterocycles. The topological polar surface area (TPSA) is 62.6 Å². The van der Waals surface area contributed by atoms with Gasteiger partial charge in [-0.1, -0.05) is 23.7 Å². The largest absolute Gasteiger partial charge is 0.467 e. The number of nitrogens with one attached hydrogen (secondary N) is 1. The third kappa shape index (κ3) is 3.79. The molecular weight excluding hydrogens is 328 g/mol. The molecule has 1 N–H and O–H groups in total. The molecule has 1 aliphatic heterocycles. The number of likely N-dealkylation sites (tertiary alicyclic amines) is 1. The lowest BCUT2D eigenvalue weighted by molar-refractivity contribution is -0.129. The van der Waals surface area contributed by atoms with Crippen molar-refractivity contribution in [1.29, 1.82) is 0 Å². The fourth-order valence-electron chi connectivity index (χ4n) is 2.88. The number of halogens is 1. The Hall–Kier alpha value is -2.27. The van der Waals surface area contributed by atoms with Crippen LogP contribution in [0.1, 0.15) is 30.7 Å². The summed E-state index contributed by atoms with van der Waals surface area (Å²) in [6, 6.07) is 10.8. The summed E-state index contributed by atoms with van der Waals surface area (Å²) in [7, 11) is 0. The summed E-state index contributed by atoms with van der Waals surface area (Å²) in [6.07, 6.45) is 1.81. The third-order valence-corrected chi connectivity index (χ3v) is 4.45. The molecule has 0 radical (unpaired) electrons. The molecule has 0 bridgehead atoms. The first-order chi connectivity index (χ1) is 11.5. The van der Waals surface area contributed by atoms with Gasteiger partial charge in [0.15, 0.2) is 0 Å². The minimum atomic E-state index is -0.339. The molecule has 0 aliphatic carbocycles. The number of hydrogen-bond acceptors (Lipinski definition) is 3. The van der Waals surface area contributed by atoms with E-state index in [1.165, 1.54) is 0 Å². The van der Waals surface area contributed by atoms with Crippen LogP contribution in [0, 0.1) is 5.92 Å². The van der Waals surface area contributed by atoms with Gasteiger partial charge in [0, 0.05) is 18.0 Å². The Morgan fingerprint density at radius 3 is 2.96 bits per heavy atom. The van der Waals surface area contributed by atoms with Crippen molar-refractivity contribution in [2.75, 3.05) is 6.54 Å². The second-order valence-electron chi connectivity index (χ2n) is 6.04. The fourth-order valence-corrected chi connectivity index (χ4v) is 3.08. The Labute approximate surface area is 145 Å². The number of rotatable bonds is 5. The Kier molecular flexibility index (Phi) is 4.90. The lowest BCUT2D eigenvalue weighted by Crippen LogP contribution is -2.34. The van der Waals surface area contributed by atoms with Crippen LogP contribution in [-0.4, -0.2) is 23.3 Å². The van der Waals surface area contributed by atoms with Gasteiger partial charge in [-0.3, -0.25) is 9.59 Å². The number of furan rings is 1. The van der Waals surface area contributed by atoms with Crippen LogP contribution in [0.3, 0.4) is 0 Å². The fraction of sp³-hybridized carbons (Fsp3) is 0.333. The number of hydrogen-bond donors (Lipinski definition) is 1. The van der Waals surface area contributed by atoms with Gasteiger partial charge in [-0.15, -0.1) is 0 Å². The van der Waals surface area contributed by atoms with Crippen molar-refractivity contribution in [3.63, 3.8) is 0 Å². The van der Waals surface area contributed by atoms with Crippen molar-refractivity contribution in [2.45, 2.75) is 25.9 Å². The van der Waals surface area contributed by atoms with Gasteiger partial charge in [0.2, 0.25) is 11.8 Å². The minimum Gasteiger partial charge on any atom is -0.467 e. The van der Waals surface area contributed by atoms with Crippen LogP contribution >= 0.6 is 11.6 Å². The predicted molar refractivity (Wildman–Crippen MR) is 90.2 cm³/mol. The second-order valence-corrected chi connectivity index (χ2v) is 6.48. The van der Waals surface area contributed by atoms with Crippen molar-refractivity contribution in [2.24, 2.45) is 5.92 Å².